The molecule has 0 spiro atoms. The van der Waals surface area contributed by atoms with Gasteiger partial charge in [-0.25, -0.2) is 0 Å². The van der Waals surface area contributed by atoms with Gasteiger partial charge in [0.15, 0.2) is 0 Å². The van der Waals surface area contributed by atoms with E-state index in [1.807, 2.05) is 0 Å². The molecule has 0 bridgehead atoms. The molecule has 0 radical (unpaired) electrons. The van der Waals surface area contributed by atoms with Crippen LogP contribution in [0.3, 0.4) is 0 Å². The zero-order chi connectivity index (χ0) is 6.69. The van der Waals surface area contributed by atoms with Crippen molar-refractivity contribution in [3.8, 4) is 0 Å². The third kappa shape index (κ3) is 1.29. The first-order valence-electron chi connectivity index (χ1n) is 3.39. The van der Waals surface area contributed by atoms with Gasteiger partial charge < -0.3 is 4.79 Å². The molecular weight excluding hydrogens is 119 g/mol. The second-order valence-electron chi connectivity index (χ2n) is 2.65. The van der Waals surface area contributed by atoms with E-state index >= 15 is 0 Å². The van der Waals surface area contributed by atoms with Gasteiger partial charge in [-0.1, -0.05) is 6.42 Å². The summed E-state index contributed by atoms with van der Waals surface area (Å²) in [6, 6.07) is 0. The Labute approximate surface area is 54.3 Å². The number of rotatable bonds is 2. The molecule has 52 valence electrons. The van der Waals surface area contributed by atoms with Gasteiger partial charge >= 0.3 is 0 Å². The molecular formula is C7H11FO. The molecule has 1 fully saturated rings. The number of alkyl halides is 1. The zero-order valence-electron chi connectivity index (χ0n) is 5.35. The van der Waals surface area contributed by atoms with Crippen LogP contribution in [0.4, 0.5) is 4.39 Å². The molecule has 0 heterocycles. The van der Waals surface area contributed by atoms with Crippen molar-refractivity contribution < 1.29 is 9.18 Å². The summed E-state index contributed by atoms with van der Waals surface area (Å²) in [5.41, 5.74) is 0. The highest BCUT2D eigenvalue weighted by Gasteiger charge is 2.26. The first kappa shape index (κ1) is 6.72. The Hall–Kier alpha value is -0.400. The maximum atomic E-state index is 12.0. The van der Waals surface area contributed by atoms with Crippen molar-refractivity contribution >= 4 is 6.29 Å². The SMILES string of the molecule is O=CC1CCCC1CF. The van der Waals surface area contributed by atoms with E-state index in [4.69, 9.17) is 0 Å². The van der Waals surface area contributed by atoms with Gasteiger partial charge in [0.1, 0.15) is 6.29 Å². The van der Waals surface area contributed by atoms with E-state index in [9.17, 15) is 9.18 Å². The maximum Gasteiger partial charge on any atom is 0.123 e. The Kier molecular flexibility index (Phi) is 2.20. The fourth-order valence-corrected chi connectivity index (χ4v) is 1.44. The number of halogens is 1. The lowest BCUT2D eigenvalue weighted by atomic mass is 10.00. The summed E-state index contributed by atoms with van der Waals surface area (Å²) in [5.74, 6) is 0.0671. The Balaban J connectivity index is 2.41. The molecule has 0 aromatic heterocycles. The van der Waals surface area contributed by atoms with Crippen molar-refractivity contribution in [2.24, 2.45) is 11.8 Å². The predicted octanol–water partition coefficient (Wildman–Crippen LogP) is 1.57. The average molecular weight is 130 g/mol. The monoisotopic (exact) mass is 130 g/mol. The van der Waals surface area contributed by atoms with Crippen LogP contribution in [0.1, 0.15) is 19.3 Å². The van der Waals surface area contributed by atoms with E-state index in [0.717, 1.165) is 25.5 Å². The van der Waals surface area contributed by atoms with Gasteiger partial charge in [0, 0.05) is 5.92 Å². The van der Waals surface area contributed by atoms with Crippen LogP contribution >= 0.6 is 0 Å². The molecule has 0 N–H and O–H groups in total. The van der Waals surface area contributed by atoms with Gasteiger partial charge in [-0.05, 0) is 18.8 Å². The van der Waals surface area contributed by atoms with E-state index in [1.54, 1.807) is 0 Å². The average Bonchev–Trinajstić information content (AvgIpc) is 2.33. The van der Waals surface area contributed by atoms with E-state index in [2.05, 4.69) is 0 Å². The highest BCUT2D eigenvalue weighted by atomic mass is 19.1. The first-order valence-corrected chi connectivity index (χ1v) is 3.39. The first-order chi connectivity index (χ1) is 4.38. The molecule has 0 aromatic carbocycles. The summed E-state index contributed by atoms with van der Waals surface area (Å²) in [4.78, 5) is 10.2. The molecule has 0 amide bonds. The van der Waals surface area contributed by atoms with Crippen molar-refractivity contribution in [1.29, 1.82) is 0 Å². The largest absolute Gasteiger partial charge is 0.303 e. The van der Waals surface area contributed by atoms with E-state index in [-0.39, 0.29) is 18.5 Å². The summed E-state index contributed by atoms with van der Waals surface area (Å²) in [5, 5.41) is 0. The van der Waals surface area contributed by atoms with Gasteiger partial charge in [0.05, 0.1) is 6.67 Å². The number of hydrogen-bond acceptors (Lipinski definition) is 1. The van der Waals surface area contributed by atoms with Crippen molar-refractivity contribution in [2.45, 2.75) is 19.3 Å². The van der Waals surface area contributed by atoms with Gasteiger partial charge in [-0.3, -0.25) is 4.39 Å². The van der Waals surface area contributed by atoms with Gasteiger partial charge in [-0.15, -0.1) is 0 Å². The summed E-state index contributed by atoms with van der Waals surface area (Å²) >= 11 is 0. The number of carbonyl (C=O) groups is 1. The molecule has 1 nitrogen and oxygen atoms in total. The predicted molar refractivity (Wildman–Crippen MR) is 32.9 cm³/mol. The molecule has 9 heavy (non-hydrogen) atoms. The molecule has 1 aliphatic carbocycles. The number of aldehydes is 1. The maximum absolute atomic E-state index is 12.0. The van der Waals surface area contributed by atoms with Gasteiger partial charge in [0.25, 0.3) is 0 Å². The molecule has 0 saturated heterocycles. The van der Waals surface area contributed by atoms with Crippen LogP contribution in [0.15, 0.2) is 0 Å². The number of hydrogen-bond donors (Lipinski definition) is 0. The molecule has 2 atom stereocenters. The third-order valence-electron chi connectivity index (χ3n) is 2.09. The van der Waals surface area contributed by atoms with E-state index in [1.165, 1.54) is 0 Å². The fourth-order valence-electron chi connectivity index (χ4n) is 1.44. The quantitative estimate of drug-likeness (QED) is 0.518. The molecule has 1 saturated carbocycles. The summed E-state index contributed by atoms with van der Waals surface area (Å²) in [6.07, 6.45) is 3.73. The lowest BCUT2D eigenvalue weighted by Gasteiger charge is -2.06. The van der Waals surface area contributed by atoms with Crippen molar-refractivity contribution in [1.82, 2.24) is 0 Å². The Morgan fingerprint density at radius 3 is 2.78 bits per heavy atom. The van der Waals surface area contributed by atoms with Crippen LogP contribution in [0.2, 0.25) is 0 Å². The van der Waals surface area contributed by atoms with Gasteiger partial charge in [0.2, 0.25) is 0 Å². The molecule has 0 aromatic rings. The second kappa shape index (κ2) is 2.95. The van der Waals surface area contributed by atoms with Crippen LogP contribution in [0.25, 0.3) is 0 Å². The summed E-state index contributed by atoms with van der Waals surface area (Å²) < 4.78 is 12.0. The Bertz CT molecular complexity index is 103. The van der Waals surface area contributed by atoms with Crippen LogP contribution < -0.4 is 0 Å². The van der Waals surface area contributed by atoms with E-state index in [0.29, 0.717) is 0 Å². The van der Waals surface area contributed by atoms with Crippen LogP contribution in [-0.2, 0) is 4.79 Å². The third-order valence-corrected chi connectivity index (χ3v) is 2.09. The molecule has 2 unspecified atom stereocenters. The van der Waals surface area contributed by atoms with Crippen LogP contribution in [-0.4, -0.2) is 13.0 Å². The standard InChI is InChI=1S/C7H11FO/c8-4-6-2-1-3-7(6)5-9/h5-7H,1-4H2. The molecule has 1 aliphatic rings. The minimum Gasteiger partial charge on any atom is -0.303 e. The highest BCUT2D eigenvalue weighted by molar-refractivity contribution is 5.54. The second-order valence-corrected chi connectivity index (χ2v) is 2.65. The molecule has 0 aliphatic heterocycles. The van der Waals surface area contributed by atoms with Crippen molar-refractivity contribution in [3.63, 3.8) is 0 Å². The highest BCUT2D eigenvalue weighted by Crippen LogP contribution is 2.29. The van der Waals surface area contributed by atoms with Crippen LogP contribution in [0.5, 0.6) is 0 Å². The smallest absolute Gasteiger partial charge is 0.123 e. The minimum atomic E-state index is -0.316. The number of carbonyl (C=O) groups excluding carboxylic acids is 1. The Morgan fingerprint density at radius 2 is 2.33 bits per heavy atom. The normalized spacial score (nSPS) is 34.8. The fraction of sp³-hybridized carbons (Fsp3) is 0.857. The minimum absolute atomic E-state index is 0.0231. The summed E-state index contributed by atoms with van der Waals surface area (Å²) in [7, 11) is 0. The van der Waals surface area contributed by atoms with Crippen molar-refractivity contribution in [2.75, 3.05) is 6.67 Å². The lowest BCUT2D eigenvalue weighted by molar-refractivity contribution is -0.112. The van der Waals surface area contributed by atoms with E-state index < -0.39 is 0 Å². The summed E-state index contributed by atoms with van der Waals surface area (Å²) in [6.45, 7) is -0.316. The molecule has 1 rings (SSSR count). The lowest BCUT2D eigenvalue weighted by Crippen LogP contribution is -2.10. The topological polar surface area (TPSA) is 17.1 Å². The van der Waals surface area contributed by atoms with Gasteiger partial charge in [-0.2, -0.15) is 0 Å². The van der Waals surface area contributed by atoms with Crippen molar-refractivity contribution in [3.05, 3.63) is 0 Å². The van der Waals surface area contributed by atoms with Crippen LogP contribution in [0, 0.1) is 11.8 Å². The molecule has 2 heteroatoms. The Morgan fingerprint density at radius 1 is 1.56 bits per heavy atom. The zero-order valence-corrected chi connectivity index (χ0v) is 5.35.